The van der Waals surface area contributed by atoms with Crippen LogP contribution in [0, 0.1) is 0 Å². The smallest absolute Gasteiger partial charge is 0.229 e. The fourth-order valence-electron chi connectivity index (χ4n) is 2.65. The molecule has 1 saturated heterocycles. The van der Waals surface area contributed by atoms with E-state index in [1.165, 1.54) is 0 Å². The van der Waals surface area contributed by atoms with Gasteiger partial charge in [-0.15, -0.1) is 0 Å². The van der Waals surface area contributed by atoms with Gasteiger partial charge in [0, 0.05) is 30.5 Å². The van der Waals surface area contributed by atoms with Gasteiger partial charge in [0.05, 0.1) is 12.7 Å². The molecule has 116 valence electrons. The summed E-state index contributed by atoms with van der Waals surface area (Å²) in [7, 11) is 0. The Balaban J connectivity index is 1.79. The van der Waals surface area contributed by atoms with Crippen LogP contribution in [0.1, 0.15) is 18.4 Å². The number of nitrogens with one attached hydrogen (secondary N) is 1. The van der Waals surface area contributed by atoms with Gasteiger partial charge >= 0.3 is 0 Å². The van der Waals surface area contributed by atoms with Crippen LogP contribution in [0.3, 0.4) is 0 Å². The van der Waals surface area contributed by atoms with E-state index in [1.54, 1.807) is 6.20 Å². The number of nitrogens with zero attached hydrogens (tertiary/aromatic N) is 3. The van der Waals surface area contributed by atoms with Gasteiger partial charge in [-0.2, -0.15) is 4.98 Å². The van der Waals surface area contributed by atoms with Crippen LogP contribution in [0.4, 0.5) is 17.5 Å². The molecule has 1 atom stereocenters. The number of piperidine rings is 1. The lowest BCUT2D eigenvalue weighted by Gasteiger charge is -2.31. The molecule has 0 amide bonds. The number of hydrogen-bond donors (Lipinski definition) is 3. The van der Waals surface area contributed by atoms with Crippen molar-refractivity contribution < 1.29 is 10.2 Å². The third kappa shape index (κ3) is 3.35. The molecule has 1 aromatic heterocycles. The summed E-state index contributed by atoms with van der Waals surface area (Å²) in [6.45, 7) is 1.45. The molecule has 2 heterocycles. The van der Waals surface area contributed by atoms with Crippen molar-refractivity contribution >= 4 is 17.5 Å². The minimum atomic E-state index is -0.296. The minimum absolute atomic E-state index is 0.0405. The molecule has 0 bridgehead atoms. The van der Waals surface area contributed by atoms with Crippen molar-refractivity contribution in [3.05, 3.63) is 42.1 Å². The topological polar surface area (TPSA) is 81.5 Å². The van der Waals surface area contributed by atoms with Crippen LogP contribution >= 0.6 is 0 Å². The first-order chi connectivity index (χ1) is 10.8. The largest absolute Gasteiger partial charge is 0.392 e. The number of aliphatic hydroxyl groups excluding tert-OH is 2. The Bertz CT molecular complexity index is 635. The Morgan fingerprint density at radius 3 is 2.95 bits per heavy atom. The average molecular weight is 300 g/mol. The van der Waals surface area contributed by atoms with E-state index >= 15 is 0 Å². The van der Waals surface area contributed by atoms with E-state index in [9.17, 15) is 10.2 Å². The monoisotopic (exact) mass is 300 g/mol. The summed E-state index contributed by atoms with van der Waals surface area (Å²) in [6.07, 6.45) is 3.21. The molecule has 3 rings (SSSR count). The molecular formula is C16H20N4O2. The molecule has 2 aromatic rings. The first-order valence-corrected chi connectivity index (χ1v) is 7.48. The molecule has 6 heteroatoms. The normalized spacial score (nSPS) is 18.3. The molecule has 1 unspecified atom stereocenters. The van der Waals surface area contributed by atoms with Crippen molar-refractivity contribution in [1.82, 2.24) is 9.97 Å². The van der Waals surface area contributed by atoms with Crippen LogP contribution < -0.4 is 10.2 Å². The summed E-state index contributed by atoms with van der Waals surface area (Å²) in [4.78, 5) is 10.8. The highest BCUT2D eigenvalue weighted by Crippen LogP contribution is 2.22. The Kier molecular flexibility index (Phi) is 4.50. The van der Waals surface area contributed by atoms with Gasteiger partial charge in [-0.3, -0.25) is 0 Å². The summed E-state index contributed by atoms with van der Waals surface area (Å²) in [5.41, 5.74) is 1.59. The lowest BCUT2D eigenvalue weighted by atomic mass is 10.1. The predicted octanol–water partition coefficient (Wildman–Crippen LogP) is 1.67. The molecule has 1 aliphatic rings. The fourth-order valence-corrected chi connectivity index (χ4v) is 2.65. The van der Waals surface area contributed by atoms with Gasteiger partial charge in [-0.1, -0.05) is 18.2 Å². The van der Waals surface area contributed by atoms with Crippen LogP contribution in [-0.2, 0) is 6.61 Å². The highest BCUT2D eigenvalue weighted by molar-refractivity contribution is 5.59. The number of para-hydroxylation sites is 1. The van der Waals surface area contributed by atoms with Crippen molar-refractivity contribution in [1.29, 1.82) is 0 Å². The maximum Gasteiger partial charge on any atom is 0.229 e. The van der Waals surface area contributed by atoms with Gasteiger partial charge in [0.25, 0.3) is 0 Å². The van der Waals surface area contributed by atoms with E-state index in [1.807, 2.05) is 30.3 Å². The number of benzene rings is 1. The van der Waals surface area contributed by atoms with Gasteiger partial charge in [0.2, 0.25) is 5.95 Å². The van der Waals surface area contributed by atoms with E-state index in [4.69, 9.17) is 0 Å². The van der Waals surface area contributed by atoms with Gasteiger partial charge in [-0.05, 0) is 25.0 Å². The number of anilines is 3. The number of aromatic nitrogens is 2. The van der Waals surface area contributed by atoms with E-state index in [0.717, 1.165) is 36.5 Å². The SMILES string of the molecule is OCc1ccccc1Nc1nccc(N2CCCC(O)C2)n1. The quantitative estimate of drug-likeness (QED) is 0.797. The molecule has 3 N–H and O–H groups in total. The summed E-state index contributed by atoms with van der Waals surface area (Å²) >= 11 is 0. The zero-order chi connectivity index (χ0) is 15.4. The molecule has 6 nitrogen and oxygen atoms in total. The van der Waals surface area contributed by atoms with Crippen LogP contribution in [-0.4, -0.2) is 39.4 Å². The molecule has 1 aliphatic heterocycles. The lowest BCUT2D eigenvalue weighted by Crippen LogP contribution is -2.38. The third-order valence-electron chi connectivity index (χ3n) is 3.80. The second-order valence-electron chi connectivity index (χ2n) is 5.42. The highest BCUT2D eigenvalue weighted by atomic mass is 16.3. The predicted molar refractivity (Wildman–Crippen MR) is 85.1 cm³/mol. The van der Waals surface area contributed by atoms with Gasteiger partial charge in [-0.25, -0.2) is 4.98 Å². The molecule has 1 aromatic carbocycles. The van der Waals surface area contributed by atoms with E-state index in [0.29, 0.717) is 12.5 Å². The second kappa shape index (κ2) is 6.72. The van der Waals surface area contributed by atoms with Crippen LogP contribution in [0.15, 0.2) is 36.5 Å². The number of rotatable bonds is 4. The molecule has 0 spiro atoms. The Labute approximate surface area is 129 Å². The van der Waals surface area contributed by atoms with E-state index < -0.39 is 0 Å². The summed E-state index contributed by atoms with van der Waals surface area (Å²) in [6, 6.07) is 9.36. The first-order valence-electron chi connectivity index (χ1n) is 7.48. The number of hydrogen-bond acceptors (Lipinski definition) is 6. The second-order valence-corrected chi connectivity index (χ2v) is 5.42. The standard InChI is InChI=1S/C16H20N4O2/c21-11-12-4-1-2-6-14(12)18-16-17-8-7-15(19-16)20-9-3-5-13(22)10-20/h1-2,4,6-8,13,21-22H,3,5,9-11H2,(H,17,18,19). The summed E-state index contributed by atoms with van der Waals surface area (Å²) in [5, 5.41) is 22.3. The lowest BCUT2D eigenvalue weighted by molar-refractivity contribution is 0.154. The zero-order valence-corrected chi connectivity index (χ0v) is 12.3. The van der Waals surface area contributed by atoms with E-state index in [-0.39, 0.29) is 12.7 Å². The number of aliphatic hydroxyl groups is 2. The van der Waals surface area contributed by atoms with Crippen molar-refractivity contribution in [3.63, 3.8) is 0 Å². The zero-order valence-electron chi connectivity index (χ0n) is 12.3. The molecule has 0 radical (unpaired) electrons. The van der Waals surface area contributed by atoms with Crippen molar-refractivity contribution in [2.75, 3.05) is 23.3 Å². The molecular weight excluding hydrogens is 280 g/mol. The Morgan fingerprint density at radius 2 is 2.14 bits per heavy atom. The van der Waals surface area contributed by atoms with Gasteiger partial charge in [0.1, 0.15) is 5.82 Å². The molecule has 0 saturated carbocycles. The summed E-state index contributed by atoms with van der Waals surface area (Å²) in [5.74, 6) is 1.29. The third-order valence-corrected chi connectivity index (χ3v) is 3.80. The van der Waals surface area contributed by atoms with Crippen molar-refractivity contribution in [2.45, 2.75) is 25.6 Å². The minimum Gasteiger partial charge on any atom is -0.392 e. The molecule has 1 fully saturated rings. The Morgan fingerprint density at radius 1 is 1.27 bits per heavy atom. The molecule has 22 heavy (non-hydrogen) atoms. The van der Waals surface area contributed by atoms with Crippen LogP contribution in [0.2, 0.25) is 0 Å². The van der Waals surface area contributed by atoms with E-state index in [2.05, 4.69) is 20.2 Å². The maximum atomic E-state index is 9.79. The fraction of sp³-hybridized carbons (Fsp3) is 0.375. The molecule has 0 aliphatic carbocycles. The van der Waals surface area contributed by atoms with Crippen molar-refractivity contribution in [2.24, 2.45) is 0 Å². The van der Waals surface area contributed by atoms with Crippen molar-refractivity contribution in [3.8, 4) is 0 Å². The van der Waals surface area contributed by atoms with Crippen LogP contribution in [0.25, 0.3) is 0 Å². The van der Waals surface area contributed by atoms with Gasteiger partial charge in [0.15, 0.2) is 0 Å². The van der Waals surface area contributed by atoms with Gasteiger partial charge < -0.3 is 20.4 Å². The first kappa shape index (κ1) is 14.7. The number of β-amino-alcohol motifs (C(OH)–C–C–N with tert-alkyl or cyclic N) is 1. The Hall–Kier alpha value is -2.18. The summed E-state index contributed by atoms with van der Waals surface area (Å²) < 4.78 is 0. The average Bonchev–Trinajstić information content (AvgIpc) is 2.56. The highest BCUT2D eigenvalue weighted by Gasteiger charge is 2.19. The van der Waals surface area contributed by atoms with Crippen LogP contribution in [0.5, 0.6) is 0 Å². The maximum absolute atomic E-state index is 9.79.